The largest absolute Gasteiger partial charge is 0.493 e. The van der Waals surface area contributed by atoms with Crippen molar-refractivity contribution in [3.8, 4) is 11.5 Å². The van der Waals surface area contributed by atoms with E-state index in [2.05, 4.69) is 20.8 Å². The molecule has 0 aliphatic carbocycles. The van der Waals surface area contributed by atoms with Crippen LogP contribution in [0.4, 0.5) is 0 Å². The summed E-state index contributed by atoms with van der Waals surface area (Å²) in [6.07, 6.45) is 5.28. The van der Waals surface area contributed by atoms with Crippen LogP contribution in [0.3, 0.4) is 0 Å². The number of carbonyl (C=O) groups is 1. The topological polar surface area (TPSA) is 42.0 Å². The highest BCUT2D eigenvalue weighted by atomic mass is 79.9. The SMILES string of the molecule is COc1cc(Br)c(CN2CCC(CC(=O)N3CCCC3)CC2)cc1OC. The molecule has 1 aromatic carbocycles. The highest BCUT2D eigenvalue weighted by Crippen LogP contribution is 2.34. The van der Waals surface area contributed by atoms with Gasteiger partial charge in [0.15, 0.2) is 11.5 Å². The molecule has 3 rings (SSSR count). The summed E-state index contributed by atoms with van der Waals surface area (Å²) in [5, 5.41) is 0. The predicted molar refractivity (Wildman–Crippen MR) is 106 cm³/mol. The summed E-state index contributed by atoms with van der Waals surface area (Å²) in [7, 11) is 3.32. The molecular formula is C20H29BrN2O3. The molecule has 2 fully saturated rings. The van der Waals surface area contributed by atoms with Crippen molar-refractivity contribution in [2.24, 2.45) is 5.92 Å². The van der Waals surface area contributed by atoms with E-state index in [-0.39, 0.29) is 0 Å². The van der Waals surface area contributed by atoms with Gasteiger partial charge in [-0.2, -0.15) is 0 Å². The molecule has 0 saturated carbocycles. The Bertz CT molecular complexity index is 624. The van der Waals surface area contributed by atoms with Gasteiger partial charge in [0.05, 0.1) is 14.2 Å². The third-order valence-electron chi connectivity index (χ3n) is 5.58. The maximum absolute atomic E-state index is 12.3. The summed E-state index contributed by atoms with van der Waals surface area (Å²) in [5.74, 6) is 2.40. The number of carbonyl (C=O) groups excluding carboxylic acids is 1. The summed E-state index contributed by atoms with van der Waals surface area (Å²) in [6, 6.07) is 4.02. The average molecular weight is 425 g/mol. The first-order valence-corrected chi connectivity index (χ1v) is 10.3. The van der Waals surface area contributed by atoms with Crippen LogP contribution in [0.25, 0.3) is 0 Å². The van der Waals surface area contributed by atoms with Gasteiger partial charge in [0.2, 0.25) is 5.91 Å². The van der Waals surface area contributed by atoms with E-state index in [1.807, 2.05) is 17.0 Å². The number of hydrogen-bond acceptors (Lipinski definition) is 4. The first-order chi connectivity index (χ1) is 12.6. The first kappa shape index (κ1) is 19.5. The molecule has 2 saturated heterocycles. The van der Waals surface area contributed by atoms with Crippen LogP contribution in [0.2, 0.25) is 0 Å². The molecular weight excluding hydrogens is 396 g/mol. The monoisotopic (exact) mass is 424 g/mol. The van der Waals surface area contributed by atoms with E-state index in [9.17, 15) is 4.79 Å². The van der Waals surface area contributed by atoms with Crippen LogP contribution in [-0.2, 0) is 11.3 Å². The molecule has 2 heterocycles. The van der Waals surface area contributed by atoms with Crippen LogP contribution in [0.1, 0.15) is 37.7 Å². The summed E-state index contributed by atoms with van der Waals surface area (Å²) in [6.45, 7) is 4.89. The van der Waals surface area contributed by atoms with E-state index in [0.717, 1.165) is 68.0 Å². The van der Waals surface area contributed by atoms with E-state index in [1.165, 1.54) is 18.4 Å². The number of ether oxygens (including phenoxy) is 2. The molecule has 0 spiro atoms. The Hall–Kier alpha value is -1.27. The summed E-state index contributed by atoms with van der Waals surface area (Å²) < 4.78 is 11.8. The zero-order valence-corrected chi connectivity index (χ0v) is 17.4. The van der Waals surface area contributed by atoms with Crippen LogP contribution in [-0.4, -0.2) is 56.1 Å². The molecule has 0 aromatic heterocycles. The molecule has 0 unspecified atom stereocenters. The molecule has 1 aromatic rings. The molecule has 2 aliphatic heterocycles. The third kappa shape index (κ3) is 4.71. The zero-order chi connectivity index (χ0) is 18.5. The molecule has 0 radical (unpaired) electrons. The normalized spacial score (nSPS) is 19.0. The first-order valence-electron chi connectivity index (χ1n) is 9.51. The smallest absolute Gasteiger partial charge is 0.222 e. The summed E-state index contributed by atoms with van der Waals surface area (Å²) >= 11 is 3.65. The van der Waals surface area contributed by atoms with E-state index < -0.39 is 0 Å². The minimum atomic E-state index is 0.364. The molecule has 5 nitrogen and oxygen atoms in total. The highest BCUT2D eigenvalue weighted by Gasteiger charge is 2.25. The van der Waals surface area contributed by atoms with Crippen molar-refractivity contribution < 1.29 is 14.3 Å². The number of benzene rings is 1. The predicted octanol–water partition coefficient (Wildman–Crippen LogP) is 3.69. The van der Waals surface area contributed by atoms with Gasteiger partial charge < -0.3 is 14.4 Å². The van der Waals surface area contributed by atoms with E-state index >= 15 is 0 Å². The van der Waals surface area contributed by atoms with Crippen molar-refractivity contribution in [2.45, 2.75) is 38.6 Å². The minimum absolute atomic E-state index is 0.364. The number of rotatable bonds is 6. The minimum Gasteiger partial charge on any atom is -0.493 e. The fourth-order valence-corrected chi connectivity index (χ4v) is 4.40. The summed E-state index contributed by atoms with van der Waals surface area (Å²) in [4.78, 5) is 16.9. The number of amides is 1. The van der Waals surface area contributed by atoms with Gasteiger partial charge in [0.1, 0.15) is 0 Å². The van der Waals surface area contributed by atoms with Gasteiger partial charge in [-0.3, -0.25) is 9.69 Å². The Balaban J connectivity index is 1.51. The maximum atomic E-state index is 12.3. The number of halogens is 1. The van der Waals surface area contributed by atoms with Crippen LogP contribution in [0.5, 0.6) is 11.5 Å². The fourth-order valence-electron chi connectivity index (χ4n) is 3.95. The van der Waals surface area contributed by atoms with Crippen molar-refractivity contribution in [3.63, 3.8) is 0 Å². The molecule has 0 atom stereocenters. The Labute approximate surface area is 164 Å². The van der Waals surface area contributed by atoms with Crippen molar-refractivity contribution in [1.82, 2.24) is 9.80 Å². The lowest BCUT2D eigenvalue weighted by Crippen LogP contribution is -2.36. The summed E-state index contributed by atoms with van der Waals surface area (Å²) in [5.41, 5.74) is 1.20. The molecule has 0 bridgehead atoms. The number of nitrogens with zero attached hydrogens (tertiary/aromatic N) is 2. The lowest BCUT2D eigenvalue weighted by Gasteiger charge is -2.32. The molecule has 1 amide bonds. The molecule has 2 aliphatic rings. The second kappa shape index (κ2) is 9.09. The van der Waals surface area contributed by atoms with Gasteiger partial charge in [0.25, 0.3) is 0 Å². The van der Waals surface area contributed by atoms with Crippen LogP contribution in [0, 0.1) is 5.92 Å². The lowest BCUT2D eigenvalue weighted by atomic mass is 9.92. The lowest BCUT2D eigenvalue weighted by molar-refractivity contribution is -0.131. The Morgan fingerprint density at radius 1 is 1.08 bits per heavy atom. The second-order valence-electron chi connectivity index (χ2n) is 7.31. The third-order valence-corrected chi connectivity index (χ3v) is 6.31. The molecule has 0 N–H and O–H groups in total. The Kier molecular flexibility index (Phi) is 6.81. The fraction of sp³-hybridized carbons (Fsp3) is 0.650. The van der Waals surface area contributed by atoms with Crippen LogP contribution < -0.4 is 9.47 Å². The number of likely N-dealkylation sites (tertiary alicyclic amines) is 2. The number of methoxy groups -OCH3 is 2. The Morgan fingerprint density at radius 2 is 1.69 bits per heavy atom. The van der Waals surface area contributed by atoms with E-state index in [0.29, 0.717) is 11.8 Å². The van der Waals surface area contributed by atoms with E-state index in [4.69, 9.17) is 9.47 Å². The van der Waals surface area contributed by atoms with Crippen molar-refractivity contribution in [3.05, 3.63) is 22.2 Å². The van der Waals surface area contributed by atoms with Crippen molar-refractivity contribution >= 4 is 21.8 Å². The van der Waals surface area contributed by atoms with Gasteiger partial charge in [-0.05, 0) is 62.4 Å². The second-order valence-corrected chi connectivity index (χ2v) is 8.16. The van der Waals surface area contributed by atoms with Crippen molar-refractivity contribution in [1.29, 1.82) is 0 Å². The average Bonchev–Trinajstić information content (AvgIpc) is 3.19. The van der Waals surface area contributed by atoms with Crippen LogP contribution >= 0.6 is 15.9 Å². The zero-order valence-electron chi connectivity index (χ0n) is 15.8. The van der Waals surface area contributed by atoms with Crippen molar-refractivity contribution in [2.75, 3.05) is 40.4 Å². The van der Waals surface area contributed by atoms with Crippen LogP contribution in [0.15, 0.2) is 16.6 Å². The highest BCUT2D eigenvalue weighted by molar-refractivity contribution is 9.10. The maximum Gasteiger partial charge on any atom is 0.222 e. The quantitative estimate of drug-likeness (QED) is 0.697. The van der Waals surface area contributed by atoms with Gasteiger partial charge >= 0.3 is 0 Å². The standard InChI is InChI=1S/C20H29BrN2O3/c1-25-18-12-16(17(21)13-19(18)26-2)14-22-9-5-15(6-10-22)11-20(24)23-7-3-4-8-23/h12-13,15H,3-11,14H2,1-2H3. The van der Waals surface area contributed by atoms with Gasteiger partial charge in [0, 0.05) is 30.5 Å². The van der Waals surface area contributed by atoms with Gasteiger partial charge in [-0.15, -0.1) is 0 Å². The van der Waals surface area contributed by atoms with E-state index in [1.54, 1.807) is 14.2 Å². The molecule has 6 heteroatoms. The molecule has 26 heavy (non-hydrogen) atoms. The Morgan fingerprint density at radius 3 is 2.31 bits per heavy atom. The number of piperidine rings is 1. The van der Waals surface area contributed by atoms with Gasteiger partial charge in [-0.1, -0.05) is 15.9 Å². The molecule has 144 valence electrons. The van der Waals surface area contributed by atoms with Gasteiger partial charge in [-0.25, -0.2) is 0 Å². The number of hydrogen-bond donors (Lipinski definition) is 0.